The highest BCUT2D eigenvalue weighted by molar-refractivity contribution is 8.16. The lowest BCUT2D eigenvalue weighted by Gasteiger charge is -2.25. The van der Waals surface area contributed by atoms with Crippen molar-refractivity contribution < 1.29 is 13.2 Å². The van der Waals surface area contributed by atoms with Crippen LogP contribution in [-0.2, 0) is 14.6 Å². The second-order valence-corrected chi connectivity index (χ2v) is 9.91. The van der Waals surface area contributed by atoms with Gasteiger partial charge in [-0.15, -0.1) is 0 Å². The van der Waals surface area contributed by atoms with Gasteiger partial charge in [-0.3, -0.25) is 4.79 Å². The number of fused-ring (bicyclic) bond motifs is 1. The number of anilines is 1. The lowest BCUT2D eigenvalue weighted by Crippen LogP contribution is -2.37. The summed E-state index contributed by atoms with van der Waals surface area (Å²) in [5.41, 5.74) is 2.00. The Hall–Kier alpha value is -1.34. The summed E-state index contributed by atoms with van der Waals surface area (Å²) in [6, 6.07) is 7.75. The number of carbonyl (C=O) groups excluding carboxylic acids is 1. The van der Waals surface area contributed by atoms with E-state index in [1.807, 2.05) is 49.9 Å². The minimum absolute atomic E-state index is 0.0565. The summed E-state index contributed by atoms with van der Waals surface area (Å²) in [6.45, 7) is 5.83. The number of benzene rings is 1. The first-order valence-electron chi connectivity index (χ1n) is 8.16. The molecular formula is C17H22N2O3S2. The Morgan fingerprint density at radius 3 is 2.83 bits per heavy atom. The first kappa shape index (κ1) is 17.5. The van der Waals surface area contributed by atoms with E-state index in [1.54, 1.807) is 0 Å². The molecule has 24 heavy (non-hydrogen) atoms. The molecule has 0 aliphatic carbocycles. The molecule has 0 bridgehead atoms. The summed E-state index contributed by atoms with van der Waals surface area (Å²) < 4.78 is 24.0. The predicted octanol–water partition coefficient (Wildman–Crippen LogP) is 2.64. The Balaban J connectivity index is 2.00. The summed E-state index contributed by atoms with van der Waals surface area (Å²) in [5.74, 6) is 0.0122. The molecular weight excluding hydrogens is 344 g/mol. The largest absolute Gasteiger partial charge is 0.316 e. The molecule has 3 unspecified atom stereocenters. The molecule has 1 aromatic rings. The molecule has 0 saturated carbocycles. The molecule has 2 saturated heterocycles. The van der Waals surface area contributed by atoms with Crippen LogP contribution in [0.5, 0.6) is 0 Å². The molecule has 0 radical (unpaired) electrons. The van der Waals surface area contributed by atoms with E-state index in [4.69, 9.17) is 0 Å². The van der Waals surface area contributed by atoms with Crippen molar-refractivity contribution in [1.82, 2.24) is 0 Å². The van der Waals surface area contributed by atoms with E-state index in [0.717, 1.165) is 17.7 Å². The molecule has 3 rings (SSSR count). The molecule has 7 heteroatoms. The monoisotopic (exact) mass is 366 g/mol. The third kappa shape index (κ3) is 3.37. The number of aryl methyl sites for hydroxylation is 1. The van der Waals surface area contributed by atoms with Crippen molar-refractivity contribution in [3.63, 3.8) is 0 Å². The highest BCUT2D eigenvalue weighted by Crippen LogP contribution is 2.41. The number of hydrogen-bond donors (Lipinski definition) is 0. The van der Waals surface area contributed by atoms with Gasteiger partial charge in [0.2, 0.25) is 0 Å². The van der Waals surface area contributed by atoms with Crippen molar-refractivity contribution in [2.24, 2.45) is 10.9 Å². The summed E-state index contributed by atoms with van der Waals surface area (Å²) in [7, 11) is -3.03. The van der Waals surface area contributed by atoms with Gasteiger partial charge in [-0.05, 0) is 31.0 Å². The maximum Gasteiger partial charge on any atom is 0.250 e. The molecule has 2 heterocycles. The van der Waals surface area contributed by atoms with E-state index in [-0.39, 0.29) is 34.6 Å². The number of nitrogens with zero attached hydrogens (tertiary/aromatic N) is 2. The average molecular weight is 367 g/mol. The molecule has 1 aromatic carbocycles. The summed E-state index contributed by atoms with van der Waals surface area (Å²) >= 11 is 1.42. The summed E-state index contributed by atoms with van der Waals surface area (Å²) in [6.07, 6.45) is 0.742. The number of aliphatic imine (C=N–C) groups is 1. The quantitative estimate of drug-likeness (QED) is 0.823. The average Bonchev–Trinajstić information content (AvgIpc) is 2.97. The Morgan fingerprint density at radius 1 is 1.42 bits per heavy atom. The second-order valence-electron chi connectivity index (χ2n) is 6.55. The van der Waals surface area contributed by atoms with Crippen LogP contribution in [0.1, 0.15) is 25.8 Å². The van der Waals surface area contributed by atoms with E-state index in [9.17, 15) is 13.2 Å². The molecule has 0 aromatic heterocycles. The zero-order valence-electron chi connectivity index (χ0n) is 14.1. The fraction of sp³-hybridized carbons (Fsp3) is 0.529. The van der Waals surface area contributed by atoms with Crippen molar-refractivity contribution >= 4 is 38.4 Å². The first-order valence-corrected chi connectivity index (χ1v) is 10.9. The van der Waals surface area contributed by atoms with Crippen LogP contribution in [0.3, 0.4) is 0 Å². The SMILES string of the molecule is CCC(C)C(=O)N=C1SC2CS(=O)(=O)CC2N1c1cccc(C)c1. The molecule has 2 aliphatic heterocycles. The van der Waals surface area contributed by atoms with Crippen LogP contribution in [0.4, 0.5) is 5.69 Å². The minimum atomic E-state index is -3.03. The number of amides is 1. The van der Waals surface area contributed by atoms with Crippen LogP contribution < -0.4 is 4.90 Å². The molecule has 0 N–H and O–H groups in total. The van der Waals surface area contributed by atoms with Gasteiger partial charge < -0.3 is 4.90 Å². The van der Waals surface area contributed by atoms with Gasteiger partial charge in [-0.25, -0.2) is 8.42 Å². The van der Waals surface area contributed by atoms with Crippen LogP contribution >= 0.6 is 11.8 Å². The molecule has 2 aliphatic rings. The van der Waals surface area contributed by atoms with Crippen molar-refractivity contribution in [2.75, 3.05) is 16.4 Å². The van der Waals surface area contributed by atoms with E-state index >= 15 is 0 Å². The Bertz CT molecular complexity index is 789. The lowest BCUT2D eigenvalue weighted by molar-refractivity contribution is -0.121. The number of hydrogen-bond acceptors (Lipinski definition) is 4. The first-order chi connectivity index (χ1) is 11.3. The fourth-order valence-corrected chi connectivity index (χ4v) is 6.94. The van der Waals surface area contributed by atoms with E-state index < -0.39 is 9.84 Å². The van der Waals surface area contributed by atoms with Gasteiger partial charge in [0, 0.05) is 16.9 Å². The molecule has 2 fully saturated rings. The van der Waals surface area contributed by atoms with Gasteiger partial charge in [0.05, 0.1) is 17.5 Å². The normalized spacial score (nSPS) is 28.1. The zero-order valence-corrected chi connectivity index (χ0v) is 15.7. The van der Waals surface area contributed by atoms with Crippen molar-refractivity contribution in [2.45, 2.75) is 38.5 Å². The van der Waals surface area contributed by atoms with Gasteiger partial charge in [0.25, 0.3) is 5.91 Å². The van der Waals surface area contributed by atoms with Crippen molar-refractivity contribution in [3.05, 3.63) is 29.8 Å². The number of thioether (sulfide) groups is 1. The third-order valence-electron chi connectivity index (χ3n) is 4.59. The zero-order chi connectivity index (χ0) is 17.5. The number of amidine groups is 1. The number of sulfone groups is 1. The molecule has 5 nitrogen and oxygen atoms in total. The Labute approximate surface area is 147 Å². The van der Waals surface area contributed by atoms with Crippen LogP contribution in [0, 0.1) is 12.8 Å². The molecule has 0 spiro atoms. The molecule has 1 amide bonds. The van der Waals surface area contributed by atoms with E-state index in [1.165, 1.54) is 11.8 Å². The van der Waals surface area contributed by atoms with Crippen LogP contribution in [0.15, 0.2) is 29.3 Å². The van der Waals surface area contributed by atoms with Crippen LogP contribution in [-0.4, -0.2) is 42.3 Å². The van der Waals surface area contributed by atoms with Gasteiger partial charge in [-0.1, -0.05) is 37.7 Å². The maximum atomic E-state index is 12.3. The predicted molar refractivity (Wildman–Crippen MR) is 99.4 cm³/mol. The highest BCUT2D eigenvalue weighted by Gasteiger charge is 2.49. The smallest absolute Gasteiger partial charge is 0.250 e. The summed E-state index contributed by atoms with van der Waals surface area (Å²) in [4.78, 5) is 18.6. The Morgan fingerprint density at radius 2 is 2.17 bits per heavy atom. The third-order valence-corrected chi connectivity index (χ3v) is 7.80. The topological polar surface area (TPSA) is 66.8 Å². The van der Waals surface area contributed by atoms with E-state index in [2.05, 4.69) is 4.99 Å². The molecule has 3 atom stereocenters. The van der Waals surface area contributed by atoms with Gasteiger partial charge >= 0.3 is 0 Å². The van der Waals surface area contributed by atoms with Crippen molar-refractivity contribution in [1.29, 1.82) is 0 Å². The maximum absolute atomic E-state index is 12.3. The lowest BCUT2D eigenvalue weighted by atomic mass is 10.1. The van der Waals surface area contributed by atoms with Gasteiger partial charge in [-0.2, -0.15) is 4.99 Å². The van der Waals surface area contributed by atoms with Gasteiger partial charge in [0.15, 0.2) is 15.0 Å². The minimum Gasteiger partial charge on any atom is -0.316 e. The highest BCUT2D eigenvalue weighted by atomic mass is 32.2. The fourth-order valence-electron chi connectivity index (χ4n) is 3.02. The second kappa shape index (κ2) is 6.52. The molecule has 130 valence electrons. The standard InChI is InChI=1S/C17H22N2O3S2/c1-4-12(3)16(20)18-17-19(13-7-5-6-11(2)8-13)14-9-24(21,22)10-15(14)23-17/h5-8,12,14-15H,4,9-10H2,1-3H3. The Kier molecular flexibility index (Phi) is 4.75. The number of rotatable bonds is 3. The van der Waals surface area contributed by atoms with E-state index in [0.29, 0.717) is 5.17 Å². The van der Waals surface area contributed by atoms with Crippen molar-refractivity contribution in [3.8, 4) is 0 Å². The van der Waals surface area contributed by atoms with Crippen LogP contribution in [0.2, 0.25) is 0 Å². The van der Waals surface area contributed by atoms with Gasteiger partial charge in [0.1, 0.15) is 0 Å². The number of carbonyl (C=O) groups is 1. The van der Waals surface area contributed by atoms with Crippen LogP contribution in [0.25, 0.3) is 0 Å². The summed E-state index contributed by atoms with van der Waals surface area (Å²) in [5, 5.41) is 0.579.